The van der Waals surface area contributed by atoms with Crippen LogP contribution >= 0.6 is 11.8 Å². The molecule has 1 atom stereocenters. The maximum absolute atomic E-state index is 13.0. The normalized spacial score (nSPS) is 15.4. The Labute approximate surface area is 193 Å². The van der Waals surface area contributed by atoms with Gasteiger partial charge in [-0.25, -0.2) is 0 Å². The third kappa shape index (κ3) is 5.18. The van der Waals surface area contributed by atoms with Crippen molar-refractivity contribution in [2.24, 2.45) is 0 Å². The lowest BCUT2D eigenvalue weighted by Crippen LogP contribution is -2.39. The van der Waals surface area contributed by atoms with Gasteiger partial charge in [0.2, 0.25) is 5.91 Å². The third-order valence-corrected chi connectivity index (χ3v) is 7.28. The van der Waals surface area contributed by atoms with E-state index in [1.807, 2.05) is 67.4 Å². The minimum atomic E-state index is -0.271. The van der Waals surface area contributed by atoms with Crippen LogP contribution in [0.15, 0.2) is 63.9 Å². The Kier molecular flexibility index (Phi) is 7.20. The highest BCUT2D eigenvalue weighted by molar-refractivity contribution is 8.00. The molecular weight excluding hydrogens is 420 g/mol. The summed E-state index contributed by atoms with van der Waals surface area (Å²) in [4.78, 5) is 28.5. The number of thioether (sulfide) groups is 1. The average molecular weight is 451 g/mol. The molecule has 6 heteroatoms. The van der Waals surface area contributed by atoms with Gasteiger partial charge < -0.3 is 14.6 Å². The van der Waals surface area contributed by atoms with Gasteiger partial charge in [0.1, 0.15) is 11.3 Å². The maximum atomic E-state index is 13.0. The molecule has 0 radical (unpaired) electrons. The number of para-hydroxylation sites is 1. The molecule has 168 valence electrons. The Balaban J connectivity index is 1.39. The highest BCUT2D eigenvalue weighted by atomic mass is 32.2. The summed E-state index contributed by atoms with van der Waals surface area (Å²) in [5.74, 6) is 0.993. The summed E-state index contributed by atoms with van der Waals surface area (Å²) in [5, 5.41) is 4.05. The molecule has 0 aliphatic heterocycles. The van der Waals surface area contributed by atoms with Crippen LogP contribution in [0.4, 0.5) is 0 Å². The van der Waals surface area contributed by atoms with Crippen molar-refractivity contribution in [2.75, 3.05) is 12.8 Å². The predicted octanol–water partition coefficient (Wildman–Crippen LogP) is 5.81. The summed E-state index contributed by atoms with van der Waals surface area (Å²) < 4.78 is 5.89. The molecule has 0 bridgehead atoms. The molecule has 1 N–H and O–H groups in total. The second-order valence-corrected chi connectivity index (χ2v) is 9.48. The minimum Gasteiger partial charge on any atom is -0.459 e. The van der Waals surface area contributed by atoms with Crippen molar-refractivity contribution in [1.82, 2.24) is 10.2 Å². The summed E-state index contributed by atoms with van der Waals surface area (Å²) in [7, 11) is 1.91. The molecule has 0 saturated heterocycles. The lowest BCUT2D eigenvalue weighted by Gasteiger charge is -2.31. The van der Waals surface area contributed by atoms with Crippen LogP contribution in [-0.2, 0) is 4.79 Å². The van der Waals surface area contributed by atoms with Crippen LogP contribution in [0.3, 0.4) is 0 Å². The van der Waals surface area contributed by atoms with Crippen molar-refractivity contribution >= 4 is 34.5 Å². The van der Waals surface area contributed by atoms with Gasteiger partial charge in [-0.3, -0.25) is 9.59 Å². The second kappa shape index (κ2) is 10.3. The van der Waals surface area contributed by atoms with Crippen LogP contribution in [0.5, 0.6) is 0 Å². The minimum absolute atomic E-state index is 0.118. The Hall–Kier alpha value is -2.73. The fourth-order valence-corrected chi connectivity index (χ4v) is 5.23. The van der Waals surface area contributed by atoms with Gasteiger partial charge in [-0.05, 0) is 44.0 Å². The molecule has 1 heterocycles. The number of hydrogen-bond donors (Lipinski definition) is 1. The highest BCUT2D eigenvalue weighted by Gasteiger charge is 2.23. The Morgan fingerprint density at radius 1 is 1.09 bits per heavy atom. The van der Waals surface area contributed by atoms with E-state index in [9.17, 15) is 9.59 Å². The van der Waals surface area contributed by atoms with Gasteiger partial charge in [-0.1, -0.05) is 49.6 Å². The zero-order valence-electron chi connectivity index (χ0n) is 18.7. The molecule has 2 amide bonds. The third-order valence-electron chi connectivity index (χ3n) is 6.22. The number of furan rings is 1. The van der Waals surface area contributed by atoms with Crippen molar-refractivity contribution < 1.29 is 14.0 Å². The lowest BCUT2D eigenvalue weighted by molar-refractivity contribution is -0.129. The van der Waals surface area contributed by atoms with Gasteiger partial charge in [-0.15, -0.1) is 11.8 Å². The van der Waals surface area contributed by atoms with E-state index in [1.165, 1.54) is 31.0 Å². The zero-order valence-corrected chi connectivity index (χ0v) is 19.5. The monoisotopic (exact) mass is 450 g/mol. The van der Waals surface area contributed by atoms with Crippen LogP contribution < -0.4 is 5.32 Å². The number of hydrogen-bond acceptors (Lipinski definition) is 4. The van der Waals surface area contributed by atoms with Crippen LogP contribution in [-0.4, -0.2) is 35.6 Å². The average Bonchev–Trinajstić information content (AvgIpc) is 3.27. The SMILES string of the molecule is CC(NC(=O)c1ccccc1SCC(=O)N(C)C1CCCCC1)c1cc2ccccc2o1. The summed E-state index contributed by atoms with van der Waals surface area (Å²) >= 11 is 1.43. The van der Waals surface area contributed by atoms with Crippen molar-refractivity contribution in [1.29, 1.82) is 0 Å². The van der Waals surface area contributed by atoms with E-state index in [0.717, 1.165) is 28.7 Å². The molecule has 1 saturated carbocycles. The summed E-state index contributed by atoms with van der Waals surface area (Å²) in [6.07, 6.45) is 5.84. The highest BCUT2D eigenvalue weighted by Crippen LogP contribution is 2.27. The fourth-order valence-electron chi connectivity index (χ4n) is 4.25. The molecule has 1 unspecified atom stereocenters. The maximum Gasteiger partial charge on any atom is 0.252 e. The number of amides is 2. The van der Waals surface area contributed by atoms with Gasteiger partial charge in [0.25, 0.3) is 5.91 Å². The van der Waals surface area contributed by atoms with Crippen molar-refractivity contribution in [2.45, 2.75) is 56.0 Å². The van der Waals surface area contributed by atoms with Gasteiger partial charge in [0.15, 0.2) is 0 Å². The van der Waals surface area contributed by atoms with Crippen LogP contribution in [0.1, 0.15) is 61.2 Å². The number of fused-ring (bicyclic) bond motifs is 1. The van der Waals surface area contributed by atoms with E-state index < -0.39 is 0 Å². The molecule has 0 spiro atoms. The summed E-state index contributed by atoms with van der Waals surface area (Å²) in [5.41, 5.74) is 1.38. The molecule has 5 nitrogen and oxygen atoms in total. The van der Waals surface area contributed by atoms with Crippen LogP contribution in [0.25, 0.3) is 11.0 Å². The number of rotatable bonds is 7. The topological polar surface area (TPSA) is 62.6 Å². The molecule has 2 aromatic carbocycles. The molecule has 1 aliphatic rings. The summed E-state index contributed by atoms with van der Waals surface area (Å²) in [6, 6.07) is 17.3. The quantitative estimate of drug-likeness (QED) is 0.462. The molecule has 1 fully saturated rings. The van der Waals surface area contributed by atoms with Gasteiger partial charge in [0.05, 0.1) is 17.4 Å². The van der Waals surface area contributed by atoms with E-state index in [1.54, 1.807) is 6.07 Å². The standard InChI is InChI=1S/C26H30N2O3S/c1-18(23-16-19-10-6-8-14-22(19)31-23)27-26(30)21-13-7-9-15-24(21)32-17-25(29)28(2)20-11-4-3-5-12-20/h6-10,13-16,18,20H,3-5,11-12,17H2,1-2H3,(H,27,30). The molecule has 4 rings (SSSR count). The first-order chi connectivity index (χ1) is 15.5. The number of nitrogens with one attached hydrogen (secondary N) is 1. The number of nitrogens with zero attached hydrogens (tertiary/aromatic N) is 1. The molecule has 3 aromatic rings. The first-order valence-electron chi connectivity index (χ1n) is 11.3. The number of carbonyl (C=O) groups is 2. The van der Waals surface area contributed by atoms with Gasteiger partial charge in [0, 0.05) is 23.4 Å². The Bertz CT molecular complexity index is 1050. The zero-order chi connectivity index (χ0) is 22.5. The second-order valence-electron chi connectivity index (χ2n) is 8.46. The molecule has 1 aromatic heterocycles. The smallest absolute Gasteiger partial charge is 0.252 e. The van der Waals surface area contributed by atoms with Crippen molar-refractivity contribution in [3.8, 4) is 0 Å². The predicted molar refractivity (Wildman–Crippen MR) is 129 cm³/mol. The van der Waals surface area contributed by atoms with Crippen LogP contribution in [0.2, 0.25) is 0 Å². The van der Waals surface area contributed by atoms with E-state index >= 15 is 0 Å². The summed E-state index contributed by atoms with van der Waals surface area (Å²) in [6.45, 7) is 1.91. The van der Waals surface area contributed by atoms with Gasteiger partial charge >= 0.3 is 0 Å². The Morgan fingerprint density at radius 3 is 2.59 bits per heavy atom. The van der Waals surface area contributed by atoms with Crippen molar-refractivity contribution in [3.63, 3.8) is 0 Å². The first-order valence-corrected chi connectivity index (χ1v) is 12.3. The molecule has 32 heavy (non-hydrogen) atoms. The largest absolute Gasteiger partial charge is 0.459 e. The lowest BCUT2D eigenvalue weighted by atomic mass is 9.94. The van der Waals surface area contributed by atoms with E-state index in [0.29, 0.717) is 23.1 Å². The van der Waals surface area contributed by atoms with Gasteiger partial charge in [-0.2, -0.15) is 0 Å². The van der Waals surface area contributed by atoms with Crippen molar-refractivity contribution in [3.05, 3.63) is 65.9 Å². The first kappa shape index (κ1) is 22.5. The Morgan fingerprint density at radius 2 is 1.81 bits per heavy atom. The van der Waals surface area contributed by atoms with E-state index in [-0.39, 0.29) is 17.9 Å². The van der Waals surface area contributed by atoms with E-state index in [4.69, 9.17) is 4.42 Å². The number of carbonyl (C=O) groups excluding carboxylic acids is 2. The number of benzene rings is 2. The van der Waals surface area contributed by atoms with Crippen LogP contribution in [0, 0.1) is 0 Å². The molecular formula is C26H30N2O3S. The fraction of sp³-hybridized carbons (Fsp3) is 0.385. The molecule has 1 aliphatic carbocycles. The van der Waals surface area contributed by atoms with E-state index in [2.05, 4.69) is 5.32 Å².